The number of hydrazine groups is 1. The van der Waals surface area contributed by atoms with Gasteiger partial charge in [-0.2, -0.15) is 0 Å². The molecule has 0 atom stereocenters. The van der Waals surface area contributed by atoms with Crippen molar-refractivity contribution in [2.75, 3.05) is 0 Å². The average Bonchev–Trinajstić information content (AvgIpc) is 2.61. The largest absolute Gasteiger partial charge is 0.508 e. The van der Waals surface area contributed by atoms with E-state index in [1.54, 1.807) is 24.3 Å². The van der Waals surface area contributed by atoms with E-state index in [1.807, 2.05) is 17.6 Å². The molecule has 0 unspecified atom stereocenters. The molecule has 0 aliphatic carbocycles. The summed E-state index contributed by atoms with van der Waals surface area (Å²) in [5.74, 6) is 4.26. The molecular weight excluding hydrogens is 330 g/mol. The SMILES string of the molecule is CC(C)(C)c1ccc(C(=O)N/C(=C/c2ccc(O)cc2)C(=O)NN)cc1. The van der Waals surface area contributed by atoms with E-state index in [-0.39, 0.29) is 16.9 Å². The van der Waals surface area contributed by atoms with E-state index in [0.717, 1.165) is 5.56 Å². The van der Waals surface area contributed by atoms with Gasteiger partial charge in [-0.15, -0.1) is 0 Å². The lowest BCUT2D eigenvalue weighted by atomic mass is 9.87. The van der Waals surface area contributed by atoms with E-state index < -0.39 is 11.8 Å². The Morgan fingerprint density at radius 1 is 1.00 bits per heavy atom. The van der Waals surface area contributed by atoms with E-state index in [4.69, 9.17) is 5.84 Å². The van der Waals surface area contributed by atoms with Gasteiger partial charge >= 0.3 is 0 Å². The summed E-state index contributed by atoms with van der Waals surface area (Å²) < 4.78 is 0. The Balaban J connectivity index is 2.24. The van der Waals surface area contributed by atoms with Gasteiger partial charge < -0.3 is 10.4 Å². The number of rotatable bonds is 4. The molecule has 2 aromatic carbocycles. The fourth-order valence-electron chi connectivity index (χ4n) is 2.29. The molecule has 136 valence electrons. The van der Waals surface area contributed by atoms with E-state index >= 15 is 0 Å². The molecule has 2 aromatic rings. The molecule has 0 spiro atoms. The lowest BCUT2D eigenvalue weighted by molar-refractivity contribution is -0.117. The van der Waals surface area contributed by atoms with Gasteiger partial charge in [0.25, 0.3) is 11.8 Å². The summed E-state index contributed by atoms with van der Waals surface area (Å²) in [6.45, 7) is 6.27. The quantitative estimate of drug-likeness (QED) is 0.293. The Labute approximate surface area is 152 Å². The van der Waals surface area contributed by atoms with Crippen LogP contribution in [-0.4, -0.2) is 16.9 Å². The van der Waals surface area contributed by atoms with Crippen LogP contribution in [0.5, 0.6) is 5.75 Å². The molecule has 0 fully saturated rings. The maximum atomic E-state index is 12.5. The van der Waals surface area contributed by atoms with Crippen molar-refractivity contribution >= 4 is 17.9 Å². The normalized spacial score (nSPS) is 11.8. The second-order valence-corrected chi connectivity index (χ2v) is 6.90. The number of hydrogen-bond acceptors (Lipinski definition) is 4. The highest BCUT2D eigenvalue weighted by Gasteiger charge is 2.16. The first-order valence-electron chi connectivity index (χ1n) is 8.14. The molecule has 0 saturated heterocycles. The minimum atomic E-state index is -0.627. The third kappa shape index (κ3) is 4.94. The number of benzene rings is 2. The van der Waals surface area contributed by atoms with Crippen LogP contribution in [0.1, 0.15) is 42.3 Å². The van der Waals surface area contributed by atoms with E-state index in [2.05, 4.69) is 26.1 Å². The summed E-state index contributed by atoms with van der Waals surface area (Å²) in [4.78, 5) is 24.4. The summed E-state index contributed by atoms with van der Waals surface area (Å²) in [5.41, 5.74) is 4.16. The lowest BCUT2D eigenvalue weighted by Gasteiger charge is -2.19. The Bertz CT molecular complexity index is 817. The predicted molar refractivity (Wildman–Crippen MR) is 101 cm³/mol. The zero-order valence-electron chi connectivity index (χ0n) is 15.0. The first-order chi connectivity index (χ1) is 12.2. The van der Waals surface area contributed by atoms with Crippen molar-refractivity contribution in [3.05, 3.63) is 70.9 Å². The third-order valence-corrected chi connectivity index (χ3v) is 3.84. The number of nitrogens with one attached hydrogen (secondary N) is 2. The number of phenols is 1. The number of carbonyl (C=O) groups excluding carboxylic acids is 2. The van der Waals surface area contributed by atoms with Crippen LogP contribution in [0, 0.1) is 0 Å². The van der Waals surface area contributed by atoms with Gasteiger partial charge in [-0.25, -0.2) is 5.84 Å². The number of amides is 2. The third-order valence-electron chi connectivity index (χ3n) is 3.84. The van der Waals surface area contributed by atoms with Gasteiger partial charge in [0.15, 0.2) is 0 Å². The number of hydrogen-bond donors (Lipinski definition) is 4. The number of phenolic OH excluding ortho intramolecular Hbond substituents is 1. The van der Waals surface area contributed by atoms with Crippen LogP contribution in [0.25, 0.3) is 6.08 Å². The molecular formula is C20H23N3O3. The minimum absolute atomic E-state index is 0.00286. The van der Waals surface area contributed by atoms with Crippen molar-refractivity contribution in [3.8, 4) is 5.75 Å². The van der Waals surface area contributed by atoms with Crippen LogP contribution < -0.4 is 16.6 Å². The highest BCUT2D eigenvalue weighted by molar-refractivity contribution is 6.05. The van der Waals surface area contributed by atoms with Gasteiger partial charge in [-0.3, -0.25) is 15.0 Å². The first kappa shape index (κ1) is 19.2. The summed E-state index contributed by atoms with van der Waals surface area (Å²) in [6, 6.07) is 13.4. The zero-order chi connectivity index (χ0) is 19.3. The van der Waals surface area contributed by atoms with Gasteiger partial charge in [0.2, 0.25) is 0 Å². The molecule has 6 heteroatoms. The van der Waals surface area contributed by atoms with Crippen molar-refractivity contribution in [3.63, 3.8) is 0 Å². The van der Waals surface area contributed by atoms with Gasteiger partial charge in [0.1, 0.15) is 11.4 Å². The molecule has 0 bridgehead atoms. The van der Waals surface area contributed by atoms with Crippen molar-refractivity contribution in [2.45, 2.75) is 26.2 Å². The monoisotopic (exact) mass is 353 g/mol. The molecule has 2 rings (SSSR count). The zero-order valence-corrected chi connectivity index (χ0v) is 15.0. The first-order valence-corrected chi connectivity index (χ1v) is 8.14. The Kier molecular flexibility index (Phi) is 5.79. The molecule has 0 aliphatic heterocycles. The number of aromatic hydroxyl groups is 1. The highest BCUT2D eigenvalue weighted by Crippen LogP contribution is 2.22. The predicted octanol–water partition coefficient (Wildman–Crippen LogP) is 2.45. The summed E-state index contributed by atoms with van der Waals surface area (Å²) in [5, 5.41) is 11.9. The van der Waals surface area contributed by atoms with Crippen molar-refractivity contribution in [2.24, 2.45) is 5.84 Å². The standard InChI is InChI=1S/C20H23N3O3/c1-20(2,3)15-8-6-14(7-9-15)18(25)22-17(19(26)23-21)12-13-4-10-16(24)11-5-13/h4-12,24H,21H2,1-3H3,(H,22,25)(H,23,26)/b17-12+. The number of nitrogens with two attached hydrogens (primary N) is 1. The van der Waals surface area contributed by atoms with E-state index in [0.29, 0.717) is 11.1 Å². The van der Waals surface area contributed by atoms with Crippen molar-refractivity contribution in [1.29, 1.82) is 0 Å². The fraction of sp³-hybridized carbons (Fsp3) is 0.200. The Morgan fingerprint density at radius 2 is 1.58 bits per heavy atom. The molecule has 0 saturated carbocycles. The molecule has 2 amide bonds. The maximum Gasteiger partial charge on any atom is 0.281 e. The van der Waals surface area contributed by atoms with E-state index in [9.17, 15) is 14.7 Å². The van der Waals surface area contributed by atoms with Gasteiger partial charge in [-0.05, 0) is 46.9 Å². The van der Waals surface area contributed by atoms with Gasteiger partial charge in [-0.1, -0.05) is 45.0 Å². The second kappa shape index (κ2) is 7.84. The molecule has 0 aromatic heterocycles. The molecule has 0 heterocycles. The summed E-state index contributed by atoms with van der Waals surface area (Å²) in [7, 11) is 0. The molecule has 5 N–H and O–H groups in total. The van der Waals surface area contributed by atoms with Crippen LogP contribution in [0.3, 0.4) is 0 Å². The van der Waals surface area contributed by atoms with Crippen LogP contribution in [0.15, 0.2) is 54.2 Å². The average molecular weight is 353 g/mol. The van der Waals surface area contributed by atoms with Crippen LogP contribution in [0.4, 0.5) is 0 Å². The van der Waals surface area contributed by atoms with Gasteiger partial charge in [0, 0.05) is 5.56 Å². The Morgan fingerprint density at radius 3 is 2.08 bits per heavy atom. The summed E-state index contributed by atoms with van der Waals surface area (Å²) in [6.07, 6.45) is 1.48. The Hall–Kier alpha value is -3.12. The second-order valence-electron chi connectivity index (χ2n) is 6.90. The van der Waals surface area contributed by atoms with Crippen molar-refractivity contribution in [1.82, 2.24) is 10.7 Å². The van der Waals surface area contributed by atoms with E-state index in [1.165, 1.54) is 18.2 Å². The molecule has 0 radical (unpaired) electrons. The van der Waals surface area contributed by atoms with Crippen LogP contribution in [-0.2, 0) is 10.2 Å². The molecule has 0 aliphatic rings. The van der Waals surface area contributed by atoms with Gasteiger partial charge in [0.05, 0.1) is 0 Å². The topological polar surface area (TPSA) is 104 Å². The summed E-state index contributed by atoms with van der Waals surface area (Å²) >= 11 is 0. The van der Waals surface area contributed by atoms with Crippen LogP contribution >= 0.6 is 0 Å². The number of carbonyl (C=O) groups is 2. The molecule has 6 nitrogen and oxygen atoms in total. The molecule has 26 heavy (non-hydrogen) atoms. The lowest BCUT2D eigenvalue weighted by Crippen LogP contribution is -2.38. The fourth-order valence-corrected chi connectivity index (χ4v) is 2.29. The maximum absolute atomic E-state index is 12.5. The smallest absolute Gasteiger partial charge is 0.281 e. The van der Waals surface area contributed by atoms with Crippen molar-refractivity contribution < 1.29 is 14.7 Å². The van der Waals surface area contributed by atoms with Crippen LogP contribution in [0.2, 0.25) is 0 Å². The minimum Gasteiger partial charge on any atom is -0.508 e. The highest BCUT2D eigenvalue weighted by atomic mass is 16.3.